The SMILES string of the molecule is CC(C)(C)OC(=O)N1C[CH2][Ge]([CH3])([CH3])[c]2ccc(NC(=O)c3cccnc3NCc3ccncc3)cc21. The zero-order valence-corrected chi connectivity index (χ0v) is 23.6. The van der Waals surface area contributed by atoms with E-state index in [1.54, 1.807) is 35.6 Å². The quantitative estimate of drug-likeness (QED) is 0.436. The number of carbonyl (C=O) groups is 2. The third-order valence-electron chi connectivity index (χ3n) is 6.11. The fourth-order valence-electron chi connectivity index (χ4n) is 4.17. The first-order chi connectivity index (χ1) is 17.0. The zero-order valence-electron chi connectivity index (χ0n) is 21.5. The van der Waals surface area contributed by atoms with Crippen molar-refractivity contribution in [3.05, 3.63) is 72.2 Å². The molecule has 0 bridgehead atoms. The van der Waals surface area contributed by atoms with E-state index < -0.39 is 18.9 Å². The minimum atomic E-state index is -2.29. The van der Waals surface area contributed by atoms with Crippen LogP contribution in [0.1, 0.15) is 36.7 Å². The summed E-state index contributed by atoms with van der Waals surface area (Å²) in [5, 5.41) is 7.23. The number of nitrogens with one attached hydrogen (secondary N) is 2. The number of anilines is 3. The van der Waals surface area contributed by atoms with Crippen molar-refractivity contribution in [1.82, 2.24) is 9.97 Å². The molecule has 36 heavy (non-hydrogen) atoms. The van der Waals surface area contributed by atoms with E-state index in [2.05, 4.69) is 38.2 Å². The van der Waals surface area contributed by atoms with Gasteiger partial charge in [-0.3, -0.25) is 4.98 Å². The first-order valence-electron chi connectivity index (χ1n) is 12.1. The van der Waals surface area contributed by atoms with Crippen LogP contribution in [0.3, 0.4) is 0 Å². The van der Waals surface area contributed by atoms with Gasteiger partial charge < -0.3 is 0 Å². The van der Waals surface area contributed by atoms with E-state index in [9.17, 15) is 9.59 Å². The summed E-state index contributed by atoms with van der Waals surface area (Å²) in [7, 11) is 0. The van der Waals surface area contributed by atoms with E-state index in [-0.39, 0.29) is 12.0 Å². The number of nitrogens with zero attached hydrogens (tertiary/aromatic N) is 3. The van der Waals surface area contributed by atoms with Gasteiger partial charge in [0.1, 0.15) is 0 Å². The van der Waals surface area contributed by atoms with Gasteiger partial charge in [0, 0.05) is 12.4 Å². The molecule has 4 rings (SSSR count). The van der Waals surface area contributed by atoms with Gasteiger partial charge >= 0.3 is 198 Å². The van der Waals surface area contributed by atoms with E-state index in [4.69, 9.17) is 4.74 Å². The van der Waals surface area contributed by atoms with Crippen LogP contribution in [-0.4, -0.2) is 47.4 Å². The van der Waals surface area contributed by atoms with Gasteiger partial charge in [-0.15, -0.1) is 0 Å². The molecule has 0 saturated carbocycles. The molecule has 0 fully saturated rings. The van der Waals surface area contributed by atoms with Gasteiger partial charge in [-0.1, -0.05) is 0 Å². The molecule has 1 aromatic carbocycles. The topological polar surface area (TPSA) is 96.5 Å². The maximum absolute atomic E-state index is 13.3. The second-order valence-corrected chi connectivity index (χ2v) is 20.6. The minimum absolute atomic E-state index is 0.277. The second kappa shape index (κ2) is 10.3. The summed E-state index contributed by atoms with van der Waals surface area (Å²) in [6, 6.07) is 13.2. The predicted octanol–water partition coefficient (Wildman–Crippen LogP) is 5.01. The van der Waals surface area contributed by atoms with Crippen molar-refractivity contribution in [1.29, 1.82) is 0 Å². The molecule has 0 radical (unpaired) electrons. The molecule has 188 valence electrons. The first-order valence-corrected chi connectivity index (χ1v) is 18.8. The van der Waals surface area contributed by atoms with Crippen molar-refractivity contribution in [3.8, 4) is 0 Å². The third-order valence-corrected chi connectivity index (χ3v) is 13.1. The molecule has 0 aliphatic carbocycles. The van der Waals surface area contributed by atoms with E-state index >= 15 is 0 Å². The Morgan fingerprint density at radius 1 is 1.08 bits per heavy atom. The molecule has 2 aromatic heterocycles. The van der Waals surface area contributed by atoms with Crippen LogP contribution in [0.4, 0.5) is 22.0 Å². The fraction of sp³-hybridized carbons (Fsp3) is 0.333. The number of aromatic nitrogens is 2. The van der Waals surface area contributed by atoms with Gasteiger partial charge in [0.2, 0.25) is 0 Å². The molecule has 3 aromatic rings. The Kier molecular flexibility index (Phi) is 7.35. The Morgan fingerprint density at radius 3 is 2.56 bits per heavy atom. The summed E-state index contributed by atoms with van der Waals surface area (Å²) >= 11 is -2.29. The summed E-state index contributed by atoms with van der Waals surface area (Å²) in [6.07, 6.45) is 4.74. The molecule has 1 aliphatic rings. The third kappa shape index (κ3) is 6.05. The van der Waals surface area contributed by atoms with Gasteiger partial charge in [0.05, 0.1) is 0 Å². The summed E-state index contributed by atoms with van der Waals surface area (Å²) in [4.78, 5) is 36.3. The van der Waals surface area contributed by atoms with Gasteiger partial charge in [0.15, 0.2) is 0 Å². The van der Waals surface area contributed by atoms with Crippen LogP contribution in [-0.2, 0) is 11.3 Å². The number of hydrogen-bond acceptors (Lipinski definition) is 6. The summed E-state index contributed by atoms with van der Waals surface area (Å²) < 4.78 is 6.90. The fourth-order valence-corrected chi connectivity index (χ4v) is 9.39. The number of amides is 2. The number of hydrogen-bond donors (Lipinski definition) is 2. The Hall–Kier alpha value is -3.40. The number of pyridine rings is 2. The van der Waals surface area contributed by atoms with Crippen LogP contribution in [0.15, 0.2) is 61.1 Å². The number of rotatable bonds is 5. The van der Waals surface area contributed by atoms with Gasteiger partial charge in [-0.2, -0.15) is 0 Å². The average Bonchev–Trinajstić information content (AvgIpc) is 2.82. The molecule has 2 amide bonds. The van der Waals surface area contributed by atoms with E-state index in [0.717, 1.165) is 16.5 Å². The van der Waals surface area contributed by atoms with Gasteiger partial charge in [-0.25, -0.2) is 0 Å². The van der Waals surface area contributed by atoms with Crippen molar-refractivity contribution in [2.75, 3.05) is 22.1 Å². The van der Waals surface area contributed by atoms with Crippen molar-refractivity contribution >= 4 is 46.9 Å². The van der Waals surface area contributed by atoms with Crippen LogP contribution >= 0.6 is 0 Å². The molecule has 9 heteroatoms. The molecule has 8 nitrogen and oxygen atoms in total. The Labute approximate surface area is 214 Å². The van der Waals surface area contributed by atoms with Crippen LogP contribution in [0.25, 0.3) is 0 Å². The molecule has 0 saturated heterocycles. The zero-order chi connectivity index (χ0) is 25.9. The second-order valence-electron chi connectivity index (χ2n) is 10.6. The molecule has 3 heterocycles. The van der Waals surface area contributed by atoms with E-state index in [1.807, 2.05) is 45.0 Å². The predicted molar refractivity (Wildman–Crippen MR) is 146 cm³/mol. The molecular weight excluding hydrogens is 515 g/mol. The number of benzene rings is 1. The number of carbonyl (C=O) groups excluding carboxylic acids is 2. The summed E-state index contributed by atoms with van der Waals surface area (Å²) in [5.41, 5.74) is 2.34. The van der Waals surface area contributed by atoms with Crippen molar-refractivity contribution in [3.63, 3.8) is 0 Å². The summed E-state index contributed by atoms with van der Waals surface area (Å²) in [5.74, 6) is 4.91. The number of fused-ring (bicyclic) bond motifs is 1. The monoisotopic (exact) mass is 549 g/mol. The van der Waals surface area contributed by atoms with Crippen LogP contribution in [0, 0.1) is 0 Å². The molecular formula is C27H33GeN5O3. The Morgan fingerprint density at radius 2 is 1.83 bits per heavy atom. The number of ether oxygens (including phenoxy) is 1. The molecule has 0 atom stereocenters. The first kappa shape index (κ1) is 25.7. The normalized spacial score (nSPS) is 14.5. The van der Waals surface area contributed by atoms with E-state index in [0.29, 0.717) is 30.2 Å². The van der Waals surface area contributed by atoms with Crippen LogP contribution in [0.2, 0.25) is 16.8 Å². The Bertz CT molecular complexity index is 1260. The van der Waals surface area contributed by atoms with Crippen LogP contribution < -0.4 is 19.9 Å². The van der Waals surface area contributed by atoms with Crippen molar-refractivity contribution in [2.45, 2.75) is 49.7 Å². The standard InChI is InChI=1S/C27H33GeN5O3/c1-27(2,3)36-26(35)33-16-12-28(4,5)22-9-8-20(17-23(22)33)32-25(34)21-7-6-13-30-24(21)31-18-19-10-14-29-15-11-19/h6-11,13-15,17H,12,16,18H2,1-5H3,(H,30,31)(H,32,34). The maximum atomic E-state index is 13.3. The Balaban J connectivity index is 1.57. The summed E-state index contributed by atoms with van der Waals surface area (Å²) in [6.45, 7) is 6.73. The molecule has 0 spiro atoms. The molecule has 1 aliphatic heterocycles. The van der Waals surface area contributed by atoms with Crippen molar-refractivity contribution < 1.29 is 14.3 Å². The van der Waals surface area contributed by atoms with Gasteiger partial charge in [0.25, 0.3) is 0 Å². The van der Waals surface area contributed by atoms with Crippen LogP contribution in [0.5, 0.6) is 0 Å². The van der Waals surface area contributed by atoms with E-state index in [1.165, 1.54) is 4.40 Å². The van der Waals surface area contributed by atoms with Crippen molar-refractivity contribution in [2.24, 2.45) is 0 Å². The van der Waals surface area contributed by atoms with Gasteiger partial charge in [-0.05, 0) is 0 Å². The average molecular weight is 548 g/mol. The molecule has 2 N–H and O–H groups in total. The molecule has 0 unspecified atom stereocenters.